The molecule has 0 bridgehead atoms. The second-order valence-corrected chi connectivity index (χ2v) is 7.84. The summed E-state index contributed by atoms with van der Waals surface area (Å²) in [6.07, 6.45) is 4.34. The molecule has 0 aliphatic carbocycles. The second-order valence-electron chi connectivity index (χ2n) is 7.84. The molecule has 0 radical (unpaired) electrons. The molecule has 1 aromatic rings. The van der Waals surface area contributed by atoms with Crippen molar-refractivity contribution in [3.8, 4) is 0 Å². The Morgan fingerprint density at radius 2 is 1.65 bits per heavy atom. The number of hydrogen-bond donors (Lipinski definition) is 0. The van der Waals surface area contributed by atoms with Crippen LogP contribution in [0.15, 0.2) is 12.3 Å². The molecule has 3 heteroatoms. The molecule has 20 heavy (non-hydrogen) atoms. The molecule has 1 saturated heterocycles. The van der Waals surface area contributed by atoms with Crippen molar-refractivity contribution in [2.75, 3.05) is 13.2 Å². The van der Waals surface area contributed by atoms with Gasteiger partial charge in [0.1, 0.15) is 0 Å². The van der Waals surface area contributed by atoms with Crippen LogP contribution in [0.3, 0.4) is 0 Å². The van der Waals surface area contributed by atoms with Crippen LogP contribution in [0.25, 0.3) is 0 Å². The van der Waals surface area contributed by atoms with E-state index in [4.69, 9.17) is 4.74 Å². The Bertz CT molecular complexity index is 390. The quantitative estimate of drug-likeness (QED) is 0.713. The lowest BCUT2D eigenvalue weighted by Gasteiger charge is -2.33. The van der Waals surface area contributed by atoms with E-state index < -0.39 is 0 Å². The number of hydrogen-bond acceptors (Lipinski definition) is 2. The highest BCUT2D eigenvalue weighted by Crippen LogP contribution is 2.33. The average Bonchev–Trinajstić information content (AvgIpc) is 2.76. The zero-order chi connectivity index (χ0) is 15.4. The maximum atomic E-state index is 5.29. The van der Waals surface area contributed by atoms with E-state index in [-0.39, 0.29) is 5.41 Å². The van der Waals surface area contributed by atoms with Crippen LogP contribution in [0.4, 0.5) is 0 Å². The molecule has 3 nitrogen and oxygen atoms in total. The van der Waals surface area contributed by atoms with E-state index in [1.54, 1.807) is 0 Å². The summed E-state index contributed by atoms with van der Waals surface area (Å²) in [5.41, 5.74) is 1.97. The lowest BCUT2D eigenvalue weighted by atomic mass is 9.76. The first kappa shape index (κ1) is 17.2. The summed E-state index contributed by atoms with van der Waals surface area (Å²) < 4.78 is 7.21. The molecule has 0 saturated carbocycles. The van der Waals surface area contributed by atoms with Gasteiger partial charge < -0.3 is 4.74 Å². The number of rotatable bonds is 0. The Kier molecular flexibility index (Phi) is 5.81. The Balaban J connectivity index is 0.000000200. The second kappa shape index (κ2) is 6.75. The third kappa shape index (κ3) is 5.28. The fourth-order valence-corrected chi connectivity index (χ4v) is 2.67. The summed E-state index contributed by atoms with van der Waals surface area (Å²) in [6.45, 7) is 15.5. The van der Waals surface area contributed by atoms with Crippen LogP contribution in [0.5, 0.6) is 0 Å². The van der Waals surface area contributed by atoms with Gasteiger partial charge in [-0.3, -0.25) is 4.68 Å². The Morgan fingerprint density at radius 3 is 1.90 bits per heavy atom. The van der Waals surface area contributed by atoms with E-state index in [0.29, 0.717) is 5.41 Å². The lowest BCUT2D eigenvalue weighted by molar-refractivity contribution is 0.0286. The molecule has 1 fully saturated rings. The molecular formula is C17H32N2O. The van der Waals surface area contributed by atoms with Crippen molar-refractivity contribution in [3.63, 3.8) is 0 Å². The lowest BCUT2D eigenvalue weighted by Crippen LogP contribution is -2.27. The third-order valence-electron chi connectivity index (χ3n) is 4.04. The minimum Gasteiger partial charge on any atom is -0.381 e. The van der Waals surface area contributed by atoms with E-state index in [0.717, 1.165) is 19.1 Å². The molecule has 1 aliphatic heterocycles. The SMILES string of the molecule is CC(C)(C)C1CCOCC1.Cn1nccc1C(C)(C)C. The van der Waals surface area contributed by atoms with Crippen molar-refractivity contribution in [3.05, 3.63) is 18.0 Å². The summed E-state index contributed by atoms with van der Waals surface area (Å²) in [4.78, 5) is 0. The van der Waals surface area contributed by atoms with E-state index in [9.17, 15) is 0 Å². The molecular weight excluding hydrogens is 248 g/mol. The smallest absolute Gasteiger partial charge is 0.0492 e. The van der Waals surface area contributed by atoms with Gasteiger partial charge >= 0.3 is 0 Å². The van der Waals surface area contributed by atoms with Crippen LogP contribution in [-0.4, -0.2) is 23.0 Å². The molecule has 0 unspecified atom stereocenters. The van der Waals surface area contributed by atoms with Gasteiger partial charge in [0.2, 0.25) is 0 Å². The molecule has 1 aliphatic rings. The number of nitrogens with zero attached hydrogens (tertiary/aromatic N) is 2. The summed E-state index contributed by atoms with van der Waals surface area (Å²) >= 11 is 0. The predicted molar refractivity (Wildman–Crippen MR) is 84.9 cm³/mol. The van der Waals surface area contributed by atoms with Gasteiger partial charge in [0.25, 0.3) is 0 Å². The number of aryl methyl sites for hydroxylation is 1. The molecule has 0 aromatic carbocycles. The van der Waals surface area contributed by atoms with Gasteiger partial charge in [0, 0.05) is 37.6 Å². The maximum Gasteiger partial charge on any atom is 0.0492 e. The first-order valence-corrected chi connectivity index (χ1v) is 7.68. The Morgan fingerprint density at radius 1 is 1.10 bits per heavy atom. The van der Waals surface area contributed by atoms with Crippen LogP contribution >= 0.6 is 0 Å². The summed E-state index contributed by atoms with van der Waals surface area (Å²) in [5.74, 6) is 0.876. The van der Waals surface area contributed by atoms with Crippen LogP contribution in [-0.2, 0) is 17.2 Å². The van der Waals surface area contributed by atoms with Gasteiger partial charge in [0.15, 0.2) is 0 Å². The van der Waals surface area contributed by atoms with Crippen LogP contribution in [0, 0.1) is 11.3 Å². The van der Waals surface area contributed by atoms with Crippen LogP contribution in [0.1, 0.15) is 60.1 Å². The van der Waals surface area contributed by atoms with Gasteiger partial charge in [-0.15, -0.1) is 0 Å². The van der Waals surface area contributed by atoms with Gasteiger partial charge in [-0.1, -0.05) is 41.5 Å². The zero-order valence-corrected chi connectivity index (χ0v) is 14.4. The fourth-order valence-electron chi connectivity index (χ4n) is 2.67. The van der Waals surface area contributed by atoms with Crippen molar-refractivity contribution in [2.45, 2.75) is 59.8 Å². The summed E-state index contributed by atoms with van der Waals surface area (Å²) in [6, 6.07) is 2.06. The predicted octanol–water partition coefficient (Wildman–Crippen LogP) is 4.18. The normalized spacial score (nSPS) is 17.6. The summed E-state index contributed by atoms with van der Waals surface area (Å²) in [5, 5.41) is 4.10. The molecule has 0 atom stereocenters. The largest absolute Gasteiger partial charge is 0.381 e. The Hall–Kier alpha value is -0.830. The molecule has 1 aromatic heterocycles. The minimum absolute atomic E-state index is 0.214. The van der Waals surface area contributed by atoms with Gasteiger partial charge in [-0.25, -0.2) is 0 Å². The van der Waals surface area contributed by atoms with Gasteiger partial charge in [-0.05, 0) is 30.2 Å². The third-order valence-corrected chi connectivity index (χ3v) is 4.04. The standard InChI is InChI=1S/C9H18O.C8H14N2/c1-9(2,3)8-4-6-10-7-5-8;1-8(2,3)7-5-6-9-10(7)4/h8H,4-7H2,1-3H3;5-6H,1-4H3. The molecule has 0 amide bonds. The topological polar surface area (TPSA) is 27.1 Å². The van der Waals surface area contributed by atoms with Gasteiger partial charge in [0.05, 0.1) is 0 Å². The molecule has 116 valence electrons. The minimum atomic E-state index is 0.214. The monoisotopic (exact) mass is 280 g/mol. The van der Waals surface area contributed by atoms with Crippen LogP contribution < -0.4 is 0 Å². The van der Waals surface area contributed by atoms with E-state index >= 15 is 0 Å². The molecule has 2 rings (SSSR count). The summed E-state index contributed by atoms with van der Waals surface area (Å²) in [7, 11) is 1.97. The van der Waals surface area contributed by atoms with E-state index in [2.05, 4.69) is 52.7 Å². The van der Waals surface area contributed by atoms with E-state index in [1.165, 1.54) is 18.5 Å². The molecule has 0 spiro atoms. The van der Waals surface area contributed by atoms with Crippen molar-refractivity contribution in [1.29, 1.82) is 0 Å². The van der Waals surface area contributed by atoms with Crippen molar-refractivity contribution < 1.29 is 4.74 Å². The van der Waals surface area contributed by atoms with E-state index in [1.807, 2.05) is 17.9 Å². The van der Waals surface area contributed by atoms with Crippen molar-refractivity contribution >= 4 is 0 Å². The Labute approximate surface area is 124 Å². The highest BCUT2D eigenvalue weighted by atomic mass is 16.5. The molecule has 2 heterocycles. The van der Waals surface area contributed by atoms with Gasteiger partial charge in [-0.2, -0.15) is 5.10 Å². The average molecular weight is 280 g/mol. The van der Waals surface area contributed by atoms with Crippen molar-refractivity contribution in [1.82, 2.24) is 9.78 Å². The first-order valence-electron chi connectivity index (χ1n) is 7.68. The zero-order valence-electron chi connectivity index (χ0n) is 14.4. The van der Waals surface area contributed by atoms with Crippen LogP contribution in [0.2, 0.25) is 0 Å². The molecule has 0 N–H and O–H groups in total. The number of aromatic nitrogens is 2. The highest BCUT2D eigenvalue weighted by molar-refractivity contribution is 5.11. The number of ether oxygens (including phenoxy) is 1. The van der Waals surface area contributed by atoms with Crippen molar-refractivity contribution in [2.24, 2.45) is 18.4 Å². The maximum absolute atomic E-state index is 5.29. The fraction of sp³-hybridized carbons (Fsp3) is 0.824. The highest BCUT2D eigenvalue weighted by Gasteiger charge is 2.25. The first-order chi connectivity index (χ1) is 9.12.